The molecule has 0 aliphatic carbocycles. The molecular weight excluding hydrogens is 236 g/mol. The molecule has 1 aromatic heterocycles. The fourth-order valence-corrected chi connectivity index (χ4v) is 3.33. The molecule has 0 radical (unpaired) electrons. The van der Waals surface area contributed by atoms with E-state index in [-0.39, 0.29) is 5.41 Å². The van der Waals surface area contributed by atoms with Crippen molar-refractivity contribution in [1.82, 2.24) is 10.3 Å². The van der Waals surface area contributed by atoms with Gasteiger partial charge in [-0.2, -0.15) is 0 Å². The first-order chi connectivity index (χ1) is 9.27. The minimum atomic E-state index is 0.223. The predicted octanol–water partition coefficient (Wildman–Crippen LogP) is 2.74. The Morgan fingerprint density at radius 3 is 2.79 bits per heavy atom. The Morgan fingerprint density at radius 2 is 2.11 bits per heavy atom. The second-order valence-corrected chi connectivity index (χ2v) is 5.65. The van der Waals surface area contributed by atoms with E-state index in [9.17, 15) is 0 Å². The largest absolute Gasteiger partial charge is 0.379 e. The highest BCUT2D eigenvalue weighted by Gasteiger charge is 2.42. The zero-order valence-electron chi connectivity index (χ0n) is 11.8. The van der Waals surface area contributed by atoms with Crippen LogP contribution in [0.2, 0.25) is 0 Å². The number of H-pyrrole nitrogens is 1. The van der Waals surface area contributed by atoms with E-state index >= 15 is 0 Å². The Morgan fingerprint density at radius 1 is 1.32 bits per heavy atom. The summed E-state index contributed by atoms with van der Waals surface area (Å²) < 4.78 is 5.56. The van der Waals surface area contributed by atoms with Gasteiger partial charge in [0.05, 0.1) is 13.2 Å². The third-order valence-corrected chi connectivity index (χ3v) is 4.26. The molecule has 3 heteroatoms. The van der Waals surface area contributed by atoms with Crippen LogP contribution in [0, 0.1) is 6.92 Å². The lowest BCUT2D eigenvalue weighted by Crippen LogP contribution is -2.47. The Hall–Kier alpha value is -1.32. The van der Waals surface area contributed by atoms with Gasteiger partial charge in [-0.05, 0) is 45.0 Å². The maximum atomic E-state index is 5.56. The van der Waals surface area contributed by atoms with Crippen molar-refractivity contribution in [3.8, 4) is 0 Å². The lowest BCUT2D eigenvalue weighted by molar-refractivity contribution is -0.0646. The number of aromatic amines is 1. The van der Waals surface area contributed by atoms with Gasteiger partial charge in [0.1, 0.15) is 0 Å². The van der Waals surface area contributed by atoms with Crippen LogP contribution in [-0.2, 0) is 10.2 Å². The molecule has 2 heterocycles. The van der Waals surface area contributed by atoms with Gasteiger partial charge in [0.15, 0.2) is 0 Å². The number of para-hydroxylation sites is 1. The summed E-state index contributed by atoms with van der Waals surface area (Å²) in [7, 11) is 2.01. The predicted molar refractivity (Wildman–Crippen MR) is 78.7 cm³/mol. The molecule has 2 N–H and O–H groups in total. The SMILES string of the molecule is CNCCCC1(c2c(C)[nH]c3ccccc23)COC1. The smallest absolute Gasteiger partial charge is 0.0586 e. The van der Waals surface area contributed by atoms with Gasteiger partial charge in [-0.1, -0.05) is 18.2 Å². The molecule has 3 nitrogen and oxygen atoms in total. The van der Waals surface area contributed by atoms with E-state index in [0.29, 0.717) is 0 Å². The fraction of sp³-hybridized carbons (Fsp3) is 0.500. The number of rotatable bonds is 5. The summed E-state index contributed by atoms with van der Waals surface area (Å²) in [6, 6.07) is 8.60. The van der Waals surface area contributed by atoms with Gasteiger partial charge in [-0.3, -0.25) is 0 Å². The number of nitrogens with one attached hydrogen (secondary N) is 2. The van der Waals surface area contributed by atoms with E-state index in [4.69, 9.17) is 4.74 Å². The number of benzene rings is 1. The molecule has 2 aromatic rings. The summed E-state index contributed by atoms with van der Waals surface area (Å²) in [6.07, 6.45) is 2.38. The highest BCUT2D eigenvalue weighted by molar-refractivity contribution is 5.86. The zero-order chi connectivity index (χ0) is 13.3. The Kier molecular flexibility index (Phi) is 3.33. The van der Waals surface area contributed by atoms with Crippen LogP contribution in [0.1, 0.15) is 24.1 Å². The summed E-state index contributed by atoms with van der Waals surface area (Å²) in [5, 5.41) is 4.61. The second kappa shape index (κ2) is 4.99. The maximum Gasteiger partial charge on any atom is 0.0586 e. The van der Waals surface area contributed by atoms with Crippen LogP contribution in [0.15, 0.2) is 24.3 Å². The first-order valence-electron chi connectivity index (χ1n) is 7.07. The molecule has 0 unspecified atom stereocenters. The molecule has 19 heavy (non-hydrogen) atoms. The van der Waals surface area contributed by atoms with Gasteiger partial charge in [-0.25, -0.2) is 0 Å². The van der Waals surface area contributed by atoms with Crippen molar-refractivity contribution in [2.24, 2.45) is 0 Å². The molecule has 0 spiro atoms. The van der Waals surface area contributed by atoms with Gasteiger partial charge < -0.3 is 15.0 Å². The maximum absolute atomic E-state index is 5.56. The summed E-state index contributed by atoms with van der Waals surface area (Å²) >= 11 is 0. The molecule has 0 bridgehead atoms. The zero-order valence-corrected chi connectivity index (χ0v) is 11.8. The fourth-order valence-electron chi connectivity index (χ4n) is 3.33. The summed E-state index contributed by atoms with van der Waals surface area (Å²) in [4.78, 5) is 3.52. The Balaban J connectivity index is 1.99. The monoisotopic (exact) mass is 258 g/mol. The number of ether oxygens (including phenoxy) is 1. The Labute approximate surface area is 114 Å². The number of fused-ring (bicyclic) bond motifs is 1. The summed E-state index contributed by atoms with van der Waals surface area (Å²) in [6.45, 7) is 4.98. The number of aromatic nitrogens is 1. The van der Waals surface area contributed by atoms with Crippen molar-refractivity contribution in [2.45, 2.75) is 25.2 Å². The molecule has 0 atom stereocenters. The van der Waals surface area contributed by atoms with Crippen molar-refractivity contribution in [3.05, 3.63) is 35.5 Å². The van der Waals surface area contributed by atoms with Crippen LogP contribution in [0.5, 0.6) is 0 Å². The molecule has 1 aliphatic rings. The van der Waals surface area contributed by atoms with Crippen molar-refractivity contribution in [2.75, 3.05) is 26.8 Å². The minimum Gasteiger partial charge on any atom is -0.379 e. The van der Waals surface area contributed by atoms with Gasteiger partial charge in [-0.15, -0.1) is 0 Å². The molecule has 1 fully saturated rings. The molecule has 3 rings (SSSR count). The van der Waals surface area contributed by atoms with Crippen LogP contribution < -0.4 is 5.32 Å². The molecule has 1 aromatic carbocycles. The van der Waals surface area contributed by atoms with Crippen molar-refractivity contribution < 1.29 is 4.74 Å². The van der Waals surface area contributed by atoms with E-state index in [0.717, 1.165) is 19.8 Å². The van der Waals surface area contributed by atoms with Gasteiger partial charge in [0.25, 0.3) is 0 Å². The van der Waals surface area contributed by atoms with Crippen molar-refractivity contribution in [1.29, 1.82) is 0 Å². The number of aryl methyl sites for hydroxylation is 1. The molecule has 102 valence electrons. The first kappa shape index (κ1) is 12.7. The van der Waals surface area contributed by atoms with Gasteiger partial charge >= 0.3 is 0 Å². The van der Waals surface area contributed by atoms with Crippen LogP contribution in [-0.4, -0.2) is 31.8 Å². The molecule has 1 aliphatic heterocycles. The summed E-state index contributed by atoms with van der Waals surface area (Å²) in [5.74, 6) is 0. The van der Waals surface area contributed by atoms with Crippen LogP contribution in [0.3, 0.4) is 0 Å². The third-order valence-electron chi connectivity index (χ3n) is 4.26. The van der Waals surface area contributed by atoms with E-state index in [1.165, 1.54) is 35.0 Å². The van der Waals surface area contributed by atoms with Crippen LogP contribution >= 0.6 is 0 Å². The van der Waals surface area contributed by atoms with Gasteiger partial charge in [0.2, 0.25) is 0 Å². The average Bonchev–Trinajstić information content (AvgIpc) is 2.70. The van der Waals surface area contributed by atoms with Gasteiger partial charge in [0, 0.05) is 22.0 Å². The molecule has 0 amide bonds. The molecule has 1 saturated heterocycles. The highest BCUT2D eigenvalue weighted by atomic mass is 16.5. The standard InChI is InChI=1S/C16H22N2O/c1-12-15(13-6-3-4-7-14(13)18-12)16(10-19-11-16)8-5-9-17-2/h3-4,6-7,17-18H,5,8-11H2,1-2H3. The second-order valence-electron chi connectivity index (χ2n) is 5.65. The third kappa shape index (κ3) is 2.07. The van der Waals surface area contributed by atoms with Crippen molar-refractivity contribution >= 4 is 10.9 Å². The molecule has 0 saturated carbocycles. The number of hydrogen-bond donors (Lipinski definition) is 2. The Bertz CT molecular complexity index is 569. The van der Waals surface area contributed by atoms with E-state index in [2.05, 4.69) is 41.5 Å². The van der Waals surface area contributed by atoms with Crippen molar-refractivity contribution in [3.63, 3.8) is 0 Å². The average molecular weight is 258 g/mol. The van der Waals surface area contributed by atoms with Crippen LogP contribution in [0.25, 0.3) is 10.9 Å². The number of hydrogen-bond acceptors (Lipinski definition) is 2. The minimum absolute atomic E-state index is 0.223. The summed E-state index contributed by atoms with van der Waals surface area (Å²) in [5.41, 5.74) is 4.25. The quantitative estimate of drug-likeness (QED) is 0.809. The van der Waals surface area contributed by atoms with E-state index < -0.39 is 0 Å². The molecular formula is C16H22N2O. The highest BCUT2D eigenvalue weighted by Crippen LogP contribution is 2.42. The first-order valence-corrected chi connectivity index (χ1v) is 7.07. The van der Waals surface area contributed by atoms with Crippen LogP contribution in [0.4, 0.5) is 0 Å². The lowest BCUT2D eigenvalue weighted by atomic mass is 9.73. The van der Waals surface area contributed by atoms with E-state index in [1.807, 2.05) is 7.05 Å². The lowest BCUT2D eigenvalue weighted by Gasteiger charge is -2.42. The topological polar surface area (TPSA) is 37.0 Å². The normalized spacial score (nSPS) is 17.6. The van der Waals surface area contributed by atoms with E-state index in [1.54, 1.807) is 0 Å².